The second-order valence-corrected chi connectivity index (χ2v) is 4.81. The average Bonchev–Trinajstić information content (AvgIpc) is 2.70. The van der Waals surface area contributed by atoms with Crippen LogP contribution >= 0.6 is 0 Å². The minimum atomic E-state index is 0.589. The zero-order chi connectivity index (χ0) is 11.5. The SMILES string of the molecule is CCN1Cc2ccc(C(C)CCN)cc2C1. The molecule has 2 nitrogen and oxygen atoms in total. The quantitative estimate of drug-likeness (QED) is 0.841. The molecule has 1 aliphatic rings. The lowest BCUT2D eigenvalue weighted by molar-refractivity contribution is 0.301. The molecule has 0 saturated carbocycles. The van der Waals surface area contributed by atoms with E-state index in [4.69, 9.17) is 5.73 Å². The largest absolute Gasteiger partial charge is 0.330 e. The normalized spacial score (nSPS) is 17.4. The third-order valence-corrected chi connectivity index (χ3v) is 3.63. The predicted molar refractivity (Wildman–Crippen MR) is 68.3 cm³/mol. The minimum Gasteiger partial charge on any atom is -0.330 e. The Morgan fingerprint density at radius 3 is 2.75 bits per heavy atom. The van der Waals surface area contributed by atoms with Gasteiger partial charge in [0.05, 0.1) is 0 Å². The maximum absolute atomic E-state index is 5.61. The van der Waals surface area contributed by atoms with E-state index < -0.39 is 0 Å². The van der Waals surface area contributed by atoms with E-state index in [0.29, 0.717) is 5.92 Å². The van der Waals surface area contributed by atoms with Crippen LogP contribution in [-0.2, 0) is 13.1 Å². The summed E-state index contributed by atoms with van der Waals surface area (Å²) in [7, 11) is 0. The van der Waals surface area contributed by atoms with E-state index in [2.05, 4.69) is 36.9 Å². The third-order valence-electron chi connectivity index (χ3n) is 3.63. The molecule has 0 spiro atoms. The van der Waals surface area contributed by atoms with Gasteiger partial charge in [-0.1, -0.05) is 32.0 Å². The highest BCUT2D eigenvalue weighted by Gasteiger charge is 2.18. The zero-order valence-electron chi connectivity index (χ0n) is 10.4. The Morgan fingerprint density at radius 1 is 1.31 bits per heavy atom. The van der Waals surface area contributed by atoms with Crippen LogP contribution in [-0.4, -0.2) is 18.0 Å². The average molecular weight is 218 g/mol. The van der Waals surface area contributed by atoms with E-state index >= 15 is 0 Å². The monoisotopic (exact) mass is 218 g/mol. The topological polar surface area (TPSA) is 29.3 Å². The summed E-state index contributed by atoms with van der Waals surface area (Å²) >= 11 is 0. The molecule has 2 N–H and O–H groups in total. The standard InChI is InChI=1S/C14H22N2/c1-3-16-9-13-5-4-12(8-14(13)10-16)11(2)6-7-15/h4-5,8,11H,3,6-7,9-10,15H2,1-2H3. The molecule has 0 bridgehead atoms. The number of hydrogen-bond donors (Lipinski definition) is 1. The molecule has 0 saturated heterocycles. The first-order valence-corrected chi connectivity index (χ1v) is 6.28. The van der Waals surface area contributed by atoms with Gasteiger partial charge < -0.3 is 5.73 Å². The molecule has 1 aromatic rings. The molecule has 1 unspecified atom stereocenters. The van der Waals surface area contributed by atoms with Crippen LogP contribution in [0.1, 0.15) is 42.9 Å². The summed E-state index contributed by atoms with van der Waals surface area (Å²) in [6, 6.07) is 6.96. The Hall–Kier alpha value is -0.860. The summed E-state index contributed by atoms with van der Waals surface area (Å²) in [6.45, 7) is 8.65. The molecule has 0 aromatic heterocycles. The highest BCUT2D eigenvalue weighted by atomic mass is 15.1. The summed E-state index contributed by atoms with van der Waals surface area (Å²) in [5, 5.41) is 0. The molecule has 1 aliphatic heterocycles. The van der Waals surface area contributed by atoms with Crippen LogP contribution in [0.4, 0.5) is 0 Å². The van der Waals surface area contributed by atoms with E-state index in [1.807, 2.05) is 0 Å². The lowest BCUT2D eigenvalue weighted by atomic mass is 9.95. The van der Waals surface area contributed by atoms with Crippen LogP contribution < -0.4 is 5.73 Å². The zero-order valence-corrected chi connectivity index (χ0v) is 10.4. The second kappa shape index (κ2) is 4.98. The maximum atomic E-state index is 5.61. The number of fused-ring (bicyclic) bond motifs is 1. The van der Waals surface area contributed by atoms with Crippen molar-refractivity contribution in [3.8, 4) is 0 Å². The van der Waals surface area contributed by atoms with Gasteiger partial charge in [0, 0.05) is 13.1 Å². The summed E-state index contributed by atoms with van der Waals surface area (Å²) in [6.07, 6.45) is 1.08. The van der Waals surface area contributed by atoms with Gasteiger partial charge in [-0.25, -0.2) is 0 Å². The first kappa shape index (κ1) is 11.6. The van der Waals surface area contributed by atoms with Crippen molar-refractivity contribution in [3.05, 3.63) is 34.9 Å². The van der Waals surface area contributed by atoms with Gasteiger partial charge >= 0.3 is 0 Å². The third kappa shape index (κ3) is 2.28. The molecule has 0 amide bonds. The van der Waals surface area contributed by atoms with Crippen LogP contribution in [0.5, 0.6) is 0 Å². The van der Waals surface area contributed by atoms with Gasteiger partial charge in [-0.3, -0.25) is 4.90 Å². The Labute approximate surface area is 98.4 Å². The van der Waals surface area contributed by atoms with Crippen molar-refractivity contribution >= 4 is 0 Å². The van der Waals surface area contributed by atoms with Gasteiger partial charge in [-0.2, -0.15) is 0 Å². The fourth-order valence-electron chi connectivity index (χ4n) is 2.43. The van der Waals surface area contributed by atoms with Crippen LogP contribution in [0.25, 0.3) is 0 Å². The molecular formula is C14H22N2. The molecule has 0 aliphatic carbocycles. The number of nitrogens with two attached hydrogens (primary N) is 1. The molecule has 1 aromatic carbocycles. The van der Waals surface area contributed by atoms with Crippen molar-refractivity contribution in [2.24, 2.45) is 5.73 Å². The maximum Gasteiger partial charge on any atom is 0.0240 e. The Bertz CT molecular complexity index is 360. The van der Waals surface area contributed by atoms with E-state index in [1.165, 1.54) is 16.7 Å². The fraction of sp³-hybridized carbons (Fsp3) is 0.571. The van der Waals surface area contributed by atoms with Gasteiger partial charge in [-0.15, -0.1) is 0 Å². The summed E-state index contributed by atoms with van der Waals surface area (Å²) < 4.78 is 0. The molecular weight excluding hydrogens is 196 g/mol. The first-order valence-electron chi connectivity index (χ1n) is 6.28. The highest BCUT2D eigenvalue weighted by Crippen LogP contribution is 2.27. The van der Waals surface area contributed by atoms with Crippen LogP contribution in [0, 0.1) is 0 Å². The predicted octanol–water partition coefficient (Wildman–Crippen LogP) is 2.47. The number of hydrogen-bond acceptors (Lipinski definition) is 2. The van der Waals surface area contributed by atoms with Crippen LogP contribution in [0.15, 0.2) is 18.2 Å². The van der Waals surface area contributed by atoms with E-state index in [-0.39, 0.29) is 0 Å². The van der Waals surface area contributed by atoms with Crippen molar-refractivity contribution in [2.75, 3.05) is 13.1 Å². The van der Waals surface area contributed by atoms with E-state index in [9.17, 15) is 0 Å². The second-order valence-electron chi connectivity index (χ2n) is 4.81. The Balaban J connectivity index is 2.15. The van der Waals surface area contributed by atoms with Crippen molar-refractivity contribution in [2.45, 2.75) is 39.3 Å². The Kier molecular flexibility index (Phi) is 3.62. The van der Waals surface area contributed by atoms with Crippen molar-refractivity contribution in [1.29, 1.82) is 0 Å². The van der Waals surface area contributed by atoms with E-state index in [1.54, 1.807) is 0 Å². The van der Waals surface area contributed by atoms with Gasteiger partial charge in [0.1, 0.15) is 0 Å². The lowest BCUT2D eigenvalue weighted by Crippen LogP contribution is -2.14. The molecule has 0 fully saturated rings. The Morgan fingerprint density at radius 2 is 2.06 bits per heavy atom. The molecule has 2 heteroatoms. The molecule has 1 heterocycles. The fourth-order valence-corrected chi connectivity index (χ4v) is 2.43. The number of benzene rings is 1. The molecule has 88 valence electrons. The van der Waals surface area contributed by atoms with Crippen molar-refractivity contribution in [1.82, 2.24) is 4.90 Å². The lowest BCUT2D eigenvalue weighted by Gasteiger charge is -2.11. The summed E-state index contributed by atoms with van der Waals surface area (Å²) in [5.74, 6) is 0.589. The number of rotatable bonds is 4. The van der Waals surface area contributed by atoms with Crippen molar-refractivity contribution in [3.63, 3.8) is 0 Å². The minimum absolute atomic E-state index is 0.589. The molecule has 16 heavy (non-hydrogen) atoms. The van der Waals surface area contributed by atoms with Gasteiger partial charge in [0.15, 0.2) is 0 Å². The van der Waals surface area contributed by atoms with Gasteiger partial charge in [-0.05, 0) is 42.1 Å². The van der Waals surface area contributed by atoms with Crippen LogP contribution in [0.3, 0.4) is 0 Å². The molecule has 1 atom stereocenters. The molecule has 2 rings (SSSR count). The van der Waals surface area contributed by atoms with Crippen LogP contribution in [0.2, 0.25) is 0 Å². The summed E-state index contributed by atoms with van der Waals surface area (Å²) in [5.41, 5.74) is 10.1. The summed E-state index contributed by atoms with van der Waals surface area (Å²) in [4.78, 5) is 2.47. The first-order chi connectivity index (χ1) is 7.74. The van der Waals surface area contributed by atoms with Gasteiger partial charge in [0.25, 0.3) is 0 Å². The molecule has 0 radical (unpaired) electrons. The van der Waals surface area contributed by atoms with Gasteiger partial charge in [0.2, 0.25) is 0 Å². The van der Waals surface area contributed by atoms with E-state index in [0.717, 1.165) is 32.6 Å². The highest BCUT2D eigenvalue weighted by molar-refractivity contribution is 5.36. The van der Waals surface area contributed by atoms with Crippen molar-refractivity contribution < 1.29 is 0 Å². The smallest absolute Gasteiger partial charge is 0.0240 e. The number of nitrogens with zero attached hydrogens (tertiary/aromatic N) is 1.